The van der Waals surface area contributed by atoms with E-state index in [4.69, 9.17) is 9.84 Å². The molecule has 0 amide bonds. The summed E-state index contributed by atoms with van der Waals surface area (Å²) in [5.41, 5.74) is 0.210. The minimum Gasteiger partial charge on any atom is -0.508 e. The number of aliphatic imine (C=N–C) groups is 1. The van der Waals surface area contributed by atoms with Crippen molar-refractivity contribution in [2.45, 2.75) is 11.5 Å². The van der Waals surface area contributed by atoms with Gasteiger partial charge in [-0.2, -0.15) is 0 Å². The first-order valence-electron chi connectivity index (χ1n) is 5.68. The number of aromatic nitrogens is 1. The average Bonchev–Trinajstić information content (AvgIpc) is 3.00. The lowest BCUT2D eigenvalue weighted by molar-refractivity contribution is -0.140. The summed E-state index contributed by atoms with van der Waals surface area (Å²) in [4.78, 5) is 19.7. The number of rotatable bonds is 3. The monoisotopic (exact) mass is 310 g/mol. The third-order valence-corrected chi connectivity index (χ3v) is 5.14. The highest BCUT2D eigenvalue weighted by molar-refractivity contribution is 8.15. The largest absolute Gasteiger partial charge is 0.508 e. The second kappa shape index (κ2) is 5.04. The number of carbonyl (C=O) groups is 1. The molecule has 2 N–H and O–H groups in total. The molecular weight excluding hydrogens is 300 g/mol. The van der Waals surface area contributed by atoms with Crippen LogP contribution in [-0.2, 0) is 9.53 Å². The molecule has 1 aromatic heterocycles. The van der Waals surface area contributed by atoms with Crippen LogP contribution in [-0.4, -0.2) is 44.8 Å². The molecule has 0 saturated carbocycles. The molecule has 1 aromatic carbocycles. The lowest BCUT2D eigenvalue weighted by atomic mass is 10.3. The summed E-state index contributed by atoms with van der Waals surface area (Å²) in [5.74, 6) is -0.843. The van der Waals surface area contributed by atoms with Crippen molar-refractivity contribution >= 4 is 44.3 Å². The molecule has 8 heteroatoms. The van der Waals surface area contributed by atoms with Gasteiger partial charge in [0.25, 0.3) is 0 Å². The predicted molar refractivity (Wildman–Crippen MR) is 77.6 cm³/mol. The van der Waals surface area contributed by atoms with E-state index in [1.54, 1.807) is 18.2 Å². The van der Waals surface area contributed by atoms with E-state index in [-0.39, 0.29) is 5.75 Å². The van der Waals surface area contributed by atoms with E-state index in [0.29, 0.717) is 10.1 Å². The number of carboxylic acids is 1. The van der Waals surface area contributed by atoms with Crippen molar-refractivity contribution in [3.8, 4) is 5.75 Å². The van der Waals surface area contributed by atoms with E-state index in [0.717, 1.165) is 10.2 Å². The summed E-state index contributed by atoms with van der Waals surface area (Å²) in [5, 5.41) is 19.8. The number of phenols is 1. The van der Waals surface area contributed by atoms with Crippen molar-refractivity contribution in [3.05, 3.63) is 23.2 Å². The van der Waals surface area contributed by atoms with Crippen LogP contribution < -0.4 is 0 Å². The molecule has 1 aliphatic heterocycles. The van der Waals surface area contributed by atoms with Gasteiger partial charge < -0.3 is 14.9 Å². The van der Waals surface area contributed by atoms with E-state index in [2.05, 4.69) is 9.98 Å². The fourth-order valence-electron chi connectivity index (χ4n) is 1.85. The van der Waals surface area contributed by atoms with E-state index >= 15 is 0 Å². The van der Waals surface area contributed by atoms with Crippen LogP contribution in [0.3, 0.4) is 0 Å². The number of fused-ring (bicyclic) bond motifs is 1. The maximum Gasteiger partial charge on any atom is 0.332 e. The van der Waals surface area contributed by atoms with Crippen molar-refractivity contribution in [2.24, 2.45) is 4.99 Å². The zero-order chi connectivity index (χ0) is 14.3. The Morgan fingerprint density at radius 1 is 1.45 bits per heavy atom. The molecule has 2 atom stereocenters. The smallest absolute Gasteiger partial charge is 0.332 e. The number of thioether (sulfide) groups is 1. The van der Waals surface area contributed by atoms with Gasteiger partial charge >= 0.3 is 5.97 Å². The Bertz CT molecular complexity index is 713. The van der Waals surface area contributed by atoms with Gasteiger partial charge in [0.05, 0.1) is 10.2 Å². The van der Waals surface area contributed by atoms with Gasteiger partial charge in [0.15, 0.2) is 6.04 Å². The molecule has 0 aliphatic carbocycles. The lowest BCUT2D eigenvalue weighted by Crippen LogP contribution is -2.27. The van der Waals surface area contributed by atoms with Crippen molar-refractivity contribution < 1.29 is 19.7 Å². The van der Waals surface area contributed by atoms with Gasteiger partial charge in [0.1, 0.15) is 21.2 Å². The van der Waals surface area contributed by atoms with Crippen LogP contribution in [0, 0.1) is 0 Å². The van der Waals surface area contributed by atoms with Gasteiger partial charge in [-0.15, -0.1) is 11.3 Å². The minimum atomic E-state index is -1.02. The van der Waals surface area contributed by atoms with Crippen LogP contribution in [0.4, 0.5) is 0 Å². The molecule has 104 valence electrons. The van der Waals surface area contributed by atoms with Gasteiger partial charge in [-0.3, -0.25) is 4.99 Å². The van der Waals surface area contributed by atoms with Gasteiger partial charge in [-0.25, -0.2) is 9.78 Å². The third-order valence-electron chi connectivity index (χ3n) is 2.78. The summed E-state index contributed by atoms with van der Waals surface area (Å²) >= 11 is 2.62. The van der Waals surface area contributed by atoms with Gasteiger partial charge in [0.2, 0.25) is 0 Å². The van der Waals surface area contributed by atoms with Crippen LogP contribution in [0.5, 0.6) is 5.75 Å². The zero-order valence-electron chi connectivity index (χ0n) is 10.3. The summed E-state index contributed by atoms with van der Waals surface area (Å²) in [6.45, 7) is 0. The standard InChI is InChI=1S/C12H10N2O4S2/c1-18-12-8(11(16)17)14-10(20-12)9-13-6-3-2-5(15)4-7(6)19-9/h2-4,8,12,15H,1H3,(H,16,17)/t8-,12?/m0/s1. The molecule has 2 aromatic rings. The van der Waals surface area contributed by atoms with E-state index in [1.165, 1.54) is 30.2 Å². The second-order valence-electron chi connectivity index (χ2n) is 4.11. The van der Waals surface area contributed by atoms with Crippen LogP contribution in [0.25, 0.3) is 10.2 Å². The number of phenolic OH excluding ortho intramolecular Hbond substituents is 1. The molecule has 0 radical (unpaired) electrons. The van der Waals surface area contributed by atoms with Crippen molar-refractivity contribution in [1.29, 1.82) is 0 Å². The third kappa shape index (κ3) is 2.26. The maximum atomic E-state index is 11.1. The van der Waals surface area contributed by atoms with Crippen molar-refractivity contribution in [2.75, 3.05) is 7.11 Å². The molecule has 2 heterocycles. The number of carboxylic acid groups (broad SMARTS) is 1. The highest BCUT2D eigenvalue weighted by Gasteiger charge is 2.37. The number of nitrogens with zero attached hydrogens (tertiary/aromatic N) is 2. The molecule has 3 rings (SSSR count). The van der Waals surface area contributed by atoms with Crippen molar-refractivity contribution in [1.82, 2.24) is 4.98 Å². The first kappa shape index (κ1) is 13.3. The summed E-state index contributed by atoms with van der Waals surface area (Å²) in [6.07, 6.45) is 0. The number of benzene rings is 1. The number of aromatic hydroxyl groups is 1. The fraction of sp³-hybridized carbons (Fsp3) is 0.250. The number of aliphatic carboxylic acids is 1. The molecular formula is C12H10N2O4S2. The Balaban J connectivity index is 1.99. The fourth-order valence-corrected chi connectivity index (χ4v) is 3.95. The van der Waals surface area contributed by atoms with Crippen LogP contribution >= 0.6 is 23.1 Å². The highest BCUT2D eigenvalue weighted by atomic mass is 32.2. The topological polar surface area (TPSA) is 92.0 Å². The highest BCUT2D eigenvalue weighted by Crippen LogP contribution is 2.35. The number of hydrogen-bond donors (Lipinski definition) is 2. The van der Waals surface area contributed by atoms with Gasteiger partial charge in [-0.1, -0.05) is 11.8 Å². The lowest BCUT2D eigenvalue weighted by Gasteiger charge is -2.10. The van der Waals surface area contributed by atoms with Crippen LogP contribution in [0.15, 0.2) is 23.2 Å². The summed E-state index contributed by atoms with van der Waals surface area (Å²) in [7, 11) is 1.46. The second-order valence-corrected chi connectivity index (χ2v) is 6.23. The minimum absolute atomic E-state index is 0.173. The number of ether oxygens (including phenoxy) is 1. The molecule has 6 nitrogen and oxygen atoms in total. The van der Waals surface area contributed by atoms with Crippen molar-refractivity contribution in [3.63, 3.8) is 0 Å². The summed E-state index contributed by atoms with van der Waals surface area (Å²) < 4.78 is 5.96. The number of methoxy groups -OCH3 is 1. The molecule has 0 saturated heterocycles. The molecule has 1 unspecified atom stereocenters. The van der Waals surface area contributed by atoms with E-state index in [1.807, 2.05) is 0 Å². The number of thiazole rings is 1. The van der Waals surface area contributed by atoms with Gasteiger partial charge in [-0.05, 0) is 18.2 Å². The molecule has 0 fully saturated rings. The molecule has 20 heavy (non-hydrogen) atoms. The zero-order valence-corrected chi connectivity index (χ0v) is 11.9. The normalized spacial score (nSPS) is 22.1. The molecule has 1 aliphatic rings. The van der Waals surface area contributed by atoms with Gasteiger partial charge in [0, 0.05) is 7.11 Å². The van der Waals surface area contributed by atoms with Crippen LogP contribution in [0.2, 0.25) is 0 Å². The Hall–Kier alpha value is -1.64. The predicted octanol–water partition coefficient (Wildman–Crippen LogP) is 1.92. The Labute approximate surface area is 122 Å². The summed E-state index contributed by atoms with van der Waals surface area (Å²) in [6, 6.07) is 3.99. The average molecular weight is 310 g/mol. The maximum absolute atomic E-state index is 11.1. The number of hydrogen-bond acceptors (Lipinski definition) is 7. The molecule has 0 bridgehead atoms. The first-order chi connectivity index (χ1) is 9.58. The Morgan fingerprint density at radius 3 is 2.90 bits per heavy atom. The Kier molecular flexibility index (Phi) is 3.36. The Morgan fingerprint density at radius 2 is 2.25 bits per heavy atom. The van der Waals surface area contributed by atoms with Crippen LogP contribution in [0.1, 0.15) is 5.01 Å². The quantitative estimate of drug-likeness (QED) is 0.900. The molecule has 0 spiro atoms. The SMILES string of the molecule is COC1SC(c2nc3ccc(O)cc3s2)=N[C@H]1C(=O)O. The van der Waals surface area contributed by atoms with E-state index < -0.39 is 17.4 Å². The first-order valence-corrected chi connectivity index (χ1v) is 7.38. The van der Waals surface area contributed by atoms with E-state index in [9.17, 15) is 9.90 Å².